The lowest BCUT2D eigenvalue weighted by atomic mass is 10.2. The number of carbonyl (C=O) groups excluding carboxylic acids is 1. The third kappa shape index (κ3) is 5.73. The van der Waals surface area contributed by atoms with Crippen molar-refractivity contribution in [3.8, 4) is 11.8 Å². The van der Waals surface area contributed by atoms with Gasteiger partial charge in [0.25, 0.3) is 0 Å². The van der Waals surface area contributed by atoms with Gasteiger partial charge in [-0.2, -0.15) is 0 Å². The van der Waals surface area contributed by atoms with Crippen molar-refractivity contribution in [1.82, 2.24) is 10.3 Å². The highest BCUT2D eigenvalue weighted by Gasteiger charge is 2.14. The van der Waals surface area contributed by atoms with Crippen LogP contribution in [-0.4, -0.2) is 23.2 Å². The Morgan fingerprint density at radius 3 is 2.89 bits per heavy atom. The van der Waals surface area contributed by atoms with Gasteiger partial charge in [0.15, 0.2) is 0 Å². The van der Waals surface area contributed by atoms with Gasteiger partial charge in [-0.05, 0) is 26.8 Å². The number of alkyl carbamates (subject to hydrolysis) is 1. The van der Waals surface area contributed by atoms with Crippen molar-refractivity contribution in [2.45, 2.75) is 26.4 Å². The molecule has 1 aromatic rings. The van der Waals surface area contributed by atoms with Gasteiger partial charge in [-0.1, -0.05) is 11.8 Å². The van der Waals surface area contributed by atoms with Gasteiger partial charge in [-0.15, -0.1) is 0 Å². The van der Waals surface area contributed by atoms with Crippen molar-refractivity contribution in [3.63, 3.8) is 0 Å². The monoisotopic (exact) mass is 265 g/mol. The number of pyridine rings is 1. The number of nitrogen functional groups attached to an aromatic ring is 1. The average molecular weight is 265 g/mol. The third-order valence-electron chi connectivity index (χ3n) is 1.83. The first-order chi connectivity index (χ1) is 8.78. The fourth-order valence-corrected chi connectivity index (χ4v) is 1.12. The fourth-order valence-electron chi connectivity index (χ4n) is 1.12. The predicted octanol–water partition coefficient (Wildman–Crippen LogP) is 1.68. The first-order valence-electron chi connectivity index (χ1n) is 5.64. The Morgan fingerprint density at radius 1 is 1.58 bits per heavy atom. The number of aromatic nitrogens is 1. The van der Waals surface area contributed by atoms with Crippen LogP contribution in [0.1, 0.15) is 26.3 Å². The van der Waals surface area contributed by atoms with Crippen LogP contribution in [0.5, 0.6) is 0 Å². The SMILES string of the molecule is CC(C)(C)OC(=O)NCC#Cc1cc(F)cnc1N. The minimum atomic E-state index is -0.563. The van der Waals surface area contributed by atoms with Crippen molar-refractivity contribution in [2.75, 3.05) is 12.3 Å². The standard InChI is InChI=1S/C13H16FN3O2/c1-13(2,3)19-12(18)16-6-4-5-9-7-10(14)8-17-11(9)15/h7-8H,6H2,1-3H3,(H2,15,17)(H,16,18). The Balaban J connectivity index is 2.52. The van der Waals surface area contributed by atoms with Gasteiger partial charge < -0.3 is 15.8 Å². The molecule has 3 N–H and O–H groups in total. The van der Waals surface area contributed by atoms with E-state index in [0.29, 0.717) is 0 Å². The summed E-state index contributed by atoms with van der Waals surface area (Å²) < 4.78 is 17.9. The highest BCUT2D eigenvalue weighted by Crippen LogP contribution is 2.08. The van der Waals surface area contributed by atoms with Gasteiger partial charge in [0.1, 0.15) is 17.2 Å². The molecule has 0 aliphatic carbocycles. The van der Waals surface area contributed by atoms with Gasteiger partial charge >= 0.3 is 6.09 Å². The Morgan fingerprint density at radius 2 is 2.26 bits per heavy atom. The van der Waals surface area contributed by atoms with E-state index < -0.39 is 17.5 Å². The van der Waals surface area contributed by atoms with Crippen molar-refractivity contribution in [3.05, 3.63) is 23.6 Å². The molecule has 1 aromatic heterocycles. The number of nitrogens with two attached hydrogens (primary N) is 1. The van der Waals surface area contributed by atoms with E-state index in [9.17, 15) is 9.18 Å². The number of carbonyl (C=O) groups is 1. The second-order valence-corrected chi connectivity index (χ2v) is 4.74. The zero-order valence-electron chi connectivity index (χ0n) is 11.1. The number of halogens is 1. The normalized spacial score (nSPS) is 10.3. The number of hydrogen-bond acceptors (Lipinski definition) is 4. The van der Waals surface area contributed by atoms with Gasteiger partial charge in [-0.25, -0.2) is 14.2 Å². The van der Waals surface area contributed by atoms with Gasteiger partial charge in [0.2, 0.25) is 0 Å². The van der Waals surface area contributed by atoms with Crippen LogP contribution in [0.25, 0.3) is 0 Å². The van der Waals surface area contributed by atoms with Crippen LogP contribution in [0, 0.1) is 17.7 Å². The summed E-state index contributed by atoms with van der Waals surface area (Å²) in [7, 11) is 0. The predicted molar refractivity (Wildman–Crippen MR) is 69.7 cm³/mol. The molecule has 0 unspecified atom stereocenters. The van der Waals surface area contributed by atoms with Crippen LogP contribution in [-0.2, 0) is 4.74 Å². The molecule has 0 saturated heterocycles. The molecule has 0 spiro atoms. The molecule has 0 radical (unpaired) electrons. The highest BCUT2D eigenvalue weighted by molar-refractivity contribution is 5.68. The highest BCUT2D eigenvalue weighted by atomic mass is 19.1. The molecule has 6 heteroatoms. The van der Waals surface area contributed by atoms with E-state index in [4.69, 9.17) is 10.5 Å². The Hall–Kier alpha value is -2.29. The number of anilines is 1. The second kappa shape index (κ2) is 6.05. The van der Waals surface area contributed by atoms with Crippen molar-refractivity contribution < 1.29 is 13.9 Å². The van der Waals surface area contributed by atoms with Crippen LogP contribution in [0.15, 0.2) is 12.3 Å². The van der Waals surface area contributed by atoms with E-state index >= 15 is 0 Å². The lowest BCUT2D eigenvalue weighted by molar-refractivity contribution is 0.0535. The van der Waals surface area contributed by atoms with Gasteiger partial charge in [-0.3, -0.25) is 0 Å². The summed E-state index contributed by atoms with van der Waals surface area (Å²) in [6, 6.07) is 1.18. The van der Waals surface area contributed by atoms with Crippen molar-refractivity contribution >= 4 is 11.9 Å². The molecule has 0 aliphatic rings. The van der Waals surface area contributed by atoms with E-state index in [1.54, 1.807) is 20.8 Å². The number of ether oxygens (including phenoxy) is 1. The van der Waals surface area contributed by atoms with Crippen LogP contribution in [0.4, 0.5) is 15.0 Å². The number of nitrogens with one attached hydrogen (secondary N) is 1. The molecule has 0 bridgehead atoms. The van der Waals surface area contributed by atoms with E-state index in [1.807, 2.05) is 0 Å². The summed E-state index contributed by atoms with van der Waals surface area (Å²) in [5.41, 5.74) is 5.24. The largest absolute Gasteiger partial charge is 0.444 e. The number of nitrogens with zero attached hydrogens (tertiary/aromatic N) is 1. The molecule has 1 heterocycles. The van der Waals surface area contributed by atoms with Crippen LogP contribution >= 0.6 is 0 Å². The Bertz CT molecular complexity index is 527. The van der Waals surface area contributed by atoms with Gasteiger partial charge in [0, 0.05) is 0 Å². The molecule has 1 amide bonds. The minimum Gasteiger partial charge on any atom is -0.444 e. The second-order valence-electron chi connectivity index (χ2n) is 4.74. The zero-order chi connectivity index (χ0) is 14.5. The summed E-state index contributed by atoms with van der Waals surface area (Å²) >= 11 is 0. The van der Waals surface area contributed by atoms with Crippen molar-refractivity contribution in [2.24, 2.45) is 0 Å². The molecule has 0 atom stereocenters. The number of rotatable bonds is 1. The molecule has 102 valence electrons. The Kier molecular flexibility index (Phi) is 4.70. The van der Waals surface area contributed by atoms with E-state index in [2.05, 4.69) is 22.1 Å². The number of hydrogen-bond donors (Lipinski definition) is 2. The Labute approximate surface area is 111 Å². The maximum Gasteiger partial charge on any atom is 0.408 e. The minimum absolute atomic E-state index is 0.0743. The quantitative estimate of drug-likeness (QED) is 0.757. The molecular formula is C13H16FN3O2. The zero-order valence-corrected chi connectivity index (χ0v) is 11.1. The van der Waals surface area contributed by atoms with E-state index in [1.165, 1.54) is 6.07 Å². The maximum atomic E-state index is 12.9. The molecule has 0 aromatic carbocycles. The molecule has 0 aliphatic heterocycles. The van der Waals surface area contributed by atoms with E-state index in [0.717, 1.165) is 6.20 Å². The molecule has 0 fully saturated rings. The lowest BCUT2D eigenvalue weighted by Crippen LogP contribution is -2.32. The third-order valence-corrected chi connectivity index (χ3v) is 1.83. The molecule has 5 nitrogen and oxygen atoms in total. The fraction of sp³-hybridized carbons (Fsp3) is 0.385. The summed E-state index contributed by atoms with van der Waals surface area (Å²) in [5.74, 6) is 4.89. The maximum absolute atomic E-state index is 12.9. The molecule has 0 saturated carbocycles. The van der Waals surface area contributed by atoms with Crippen LogP contribution in [0.3, 0.4) is 0 Å². The lowest BCUT2D eigenvalue weighted by Gasteiger charge is -2.18. The average Bonchev–Trinajstić information content (AvgIpc) is 2.26. The summed E-state index contributed by atoms with van der Waals surface area (Å²) in [5, 5.41) is 2.45. The number of amides is 1. The first kappa shape index (κ1) is 14.8. The molecule has 19 heavy (non-hydrogen) atoms. The summed E-state index contributed by atoms with van der Waals surface area (Å²) in [6.07, 6.45) is 0.451. The smallest absolute Gasteiger partial charge is 0.408 e. The molecular weight excluding hydrogens is 249 g/mol. The van der Waals surface area contributed by atoms with Crippen molar-refractivity contribution in [1.29, 1.82) is 0 Å². The van der Waals surface area contributed by atoms with Crippen LogP contribution < -0.4 is 11.1 Å². The summed E-state index contributed by atoms with van der Waals surface area (Å²) in [6.45, 7) is 5.36. The van der Waals surface area contributed by atoms with Crippen LogP contribution in [0.2, 0.25) is 0 Å². The summed E-state index contributed by atoms with van der Waals surface area (Å²) in [4.78, 5) is 14.9. The topological polar surface area (TPSA) is 77.2 Å². The molecule has 1 rings (SSSR count). The van der Waals surface area contributed by atoms with Gasteiger partial charge in [0.05, 0.1) is 18.3 Å². The van der Waals surface area contributed by atoms with E-state index in [-0.39, 0.29) is 17.9 Å². The first-order valence-corrected chi connectivity index (χ1v) is 5.64.